The van der Waals surface area contributed by atoms with Crippen LogP contribution in [0, 0.1) is 11.6 Å². The lowest BCUT2D eigenvalue weighted by Crippen LogP contribution is -2.05. The van der Waals surface area contributed by atoms with Gasteiger partial charge in [0, 0.05) is 16.0 Å². The van der Waals surface area contributed by atoms with Gasteiger partial charge < -0.3 is 0 Å². The van der Waals surface area contributed by atoms with Crippen LogP contribution in [-0.2, 0) is 0 Å². The molecule has 0 N–H and O–H groups in total. The molecule has 2 rings (SSSR count). The Balaban J connectivity index is 2.05. The van der Waals surface area contributed by atoms with Gasteiger partial charge in [0.25, 0.3) is 0 Å². The van der Waals surface area contributed by atoms with Crippen LogP contribution in [0.4, 0.5) is 8.78 Å². The first kappa shape index (κ1) is 14.0. The summed E-state index contributed by atoms with van der Waals surface area (Å²) in [5, 5.41) is 0.574. The molecule has 0 spiro atoms. The molecule has 0 aromatic heterocycles. The molecule has 5 heteroatoms. The Hall–Kier alpha value is -1.39. The number of thioether (sulfide) groups is 1. The summed E-state index contributed by atoms with van der Waals surface area (Å²) in [7, 11) is 0. The minimum atomic E-state index is -0.836. The topological polar surface area (TPSA) is 17.1 Å². The van der Waals surface area contributed by atoms with Gasteiger partial charge in [-0.3, -0.25) is 4.79 Å². The lowest BCUT2D eigenvalue weighted by molar-refractivity contribution is 0.101. The van der Waals surface area contributed by atoms with E-state index in [9.17, 15) is 13.6 Å². The number of carbonyl (C=O) groups is 1. The molecule has 0 fully saturated rings. The monoisotopic (exact) mass is 298 g/mol. The third-order valence-corrected chi connectivity index (χ3v) is 3.63. The number of ketones is 1. The van der Waals surface area contributed by atoms with Gasteiger partial charge in [-0.25, -0.2) is 8.78 Å². The molecule has 2 aromatic rings. The Morgan fingerprint density at radius 1 is 1.16 bits per heavy atom. The molecule has 0 radical (unpaired) electrons. The largest absolute Gasteiger partial charge is 0.293 e. The molecule has 0 saturated heterocycles. The predicted molar refractivity (Wildman–Crippen MR) is 72.9 cm³/mol. The highest BCUT2D eigenvalue weighted by atomic mass is 35.5. The highest BCUT2D eigenvalue weighted by Gasteiger charge is 2.12. The average molecular weight is 299 g/mol. The van der Waals surface area contributed by atoms with E-state index in [1.165, 1.54) is 11.8 Å². The van der Waals surface area contributed by atoms with Gasteiger partial charge in [-0.2, -0.15) is 0 Å². The van der Waals surface area contributed by atoms with Crippen LogP contribution in [0.1, 0.15) is 10.4 Å². The van der Waals surface area contributed by atoms with E-state index in [4.69, 9.17) is 11.6 Å². The molecule has 2 aromatic carbocycles. The first-order valence-electron chi connectivity index (χ1n) is 5.43. The van der Waals surface area contributed by atoms with E-state index in [0.29, 0.717) is 11.1 Å². The molecule has 0 amide bonds. The standard InChI is InChI=1S/C14H9ClF2OS/c15-9-2-1-3-11(6-9)19-8-14(18)12-5-4-10(16)7-13(12)17/h1-7H,8H2. The van der Waals surface area contributed by atoms with E-state index in [0.717, 1.165) is 17.0 Å². The first-order valence-corrected chi connectivity index (χ1v) is 6.79. The summed E-state index contributed by atoms with van der Waals surface area (Å²) in [6.45, 7) is 0. The summed E-state index contributed by atoms with van der Waals surface area (Å²) in [4.78, 5) is 12.6. The van der Waals surface area contributed by atoms with Gasteiger partial charge in [-0.05, 0) is 30.3 Å². The van der Waals surface area contributed by atoms with Gasteiger partial charge in [-0.1, -0.05) is 17.7 Å². The molecular formula is C14H9ClF2OS. The molecular weight excluding hydrogens is 290 g/mol. The Kier molecular flexibility index (Phi) is 4.56. The molecule has 0 unspecified atom stereocenters. The van der Waals surface area contributed by atoms with Crippen LogP contribution in [0.3, 0.4) is 0 Å². The summed E-state index contributed by atoms with van der Waals surface area (Å²) in [6, 6.07) is 9.97. The summed E-state index contributed by atoms with van der Waals surface area (Å²) in [5.41, 5.74) is -0.101. The van der Waals surface area contributed by atoms with Crippen molar-refractivity contribution in [3.05, 3.63) is 64.7 Å². The highest BCUT2D eigenvalue weighted by molar-refractivity contribution is 8.00. The number of Topliss-reactive ketones (excluding diaryl/α,β-unsaturated/α-hetero) is 1. The fourth-order valence-corrected chi connectivity index (χ4v) is 2.59. The fraction of sp³-hybridized carbons (Fsp3) is 0.0714. The van der Waals surface area contributed by atoms with Crippen LogP contribution in [0.15, 0.2) is 47.4 Å². The molecule has 19 heavy (non-hydrogen) atoms. The van der Waals surface area contributed by atoms with E-state index < -0.39 is 11.6 Å². The zero-order valence-electron chi connectivity index (χ0n) is 9.70. The zero-order valence-corrected chi connectivity index (χ0v) is 11.3. The maximum atomic E-state index is 13.4. The number of halogens is 3. The lowest BCUT2D eigenvalue weighted by atomic mass is 10.1. The van der Waals surface area contributed by atoms with Crippen LogP contribution in [-0.4, -0.2) is 11.5 Å². The van der Waals surface area contributed by atoms with Crippen LogP contribution >= 0.6 is 23.4 Å². The van der Waals surface area contributed by atoms with Crippen LogP contribution < -0.4 is 0 Å². The van der Waals surface area contributed by atoms with Crippen molar-refractivity contribution >= 4 is 29.1 Å². The van der Waals surface area contributed by atoms with Gasteiger partial charge in [0.15, 0.2) is 5.78 Å². The highest BCUT2D eigenvalue weighted by Crippen LogP contribution is 2.23. The van der Waals surface area contributed by atoms with E-state index in [-0.39, 0.29) is 17.1 Å². The quantitative estimate of drug-likeness (QED) is 0.606. The van der Waals surface area contributed by atoms with Crippen molar-refractivity contribution in [2.45, 2.75) is 4.90 Å². The first-order chi connectivity index (χ1) is 9.06. The van der Waals surface area contributed by atoms with E-state index in [1.807, 2.05) is 6.07 Å². The Morgan fingerprint density at radius 3 is 2.63 bits per heavy atom. The second-order valence-electron chi connectivity index (χ2n) is 3.79. The second kappa shape index (κ2) is 6.17. The van der Waals surface area contributed by atoms with Crippen molar-refractivity contribution in [1.82, 2.24) is 0 Å². The maximum Gasteiger partial charge on any atom is 0.176 e. The molecule has 0 aliphatic carbocycles. The van der Waals surface area contributed by atoms with Gasteiger partial charge in [-0.15, -0.1) is 11.8 Å². The fourth-order valence-electron chi connectivity index (χ4n) is 1.50. The molecule has 0 bridgehead atoms. The average Bonchev–Trinajstić information content (AvgIpc) is 2.36. The van der Waals surface area contributed by atoms with Crippen molar-refractivity contribution < 1.29 is 13.6 Å². The summed E-state index contributed by atoms with van der Waals surface area (Å²) in [5.74, 6) is -1.85. The molecule has 98 valence electrons. The van der Waals surface area contributed by atoms with E-state index >= 15 is 0 Å². The Morgan fingerprint density at radius 2 is 1.95 bits per heavy atom. The molecule has 0 saturated carbocycles. The second-order valence-corrected chi connectivity index (χ2v) is 5.28. The molecule has 0 aliphatic rings. The predicted octanol–water partition coefficient (Wildman–Crippen LogP) is 4.59. The SMILES string of the molecule is O=C(CSc1cccc(Cl)c1)c1ccc(F)cc1F. The van der Waals surface area contributed by atoms with Crippen LogP contribution in [0.25, 0.3) is 0 Å². The summed E-state index contributed by atoms with van der Waals surface area (Å²) >= 11 is 7.08. The Labute approximate surface area is 118 Å². The van der Waals surface area contributed by atoms with Crippen molar-refractivity contribution in [2.24, 2.45) is 0 Å². The van der Waals surface area contributed by atoms with Crippen molar-refractivity contribution in [1.29, 1.82) is 0 Å². The third-order valence-electron chi connectivity index (χ3n) is 2.40. The smallest absolute Gasteiger partial charge is 0.176 e. The van der Waals surface area contributed by atoms with Gasteiger partial charge in [0.2, 0.25) is 0 Å². The number of hydrogen-bond acceptors (Lipinski definition) is 2. The van der Waals surface area contributed by atoms with Crippen LogP contribution in [0.2, 0.25) is 5.02 Å². The lowest BCUT2D eigenvalue weighted by Gasteiger charge is -2.03. The van der Waals surface area contributed by atoms with Gasteiger partial charge >= 0.3 is 0 Å². The minimum absolute atomic E-state index is 0.0723. The molecule has 1 nitrogen and oxygen atoms in total. The van der Waals surface area contributed by atoms with Gasteiger partial charge in [0.05, 0.1) is 11.3 Å². The normalized spacial score (nSPS) is 10.5. The van der Waals surface area contributed by atoms with Gasteiger partial charge in [0.1, 0.15) is 11.6 Å². The minimum Gasteiger partial charge on any atom is -0.293 e. The third kappa shape index (κ3) is 3.78. The van der Waals surface area contributed by atoms with Crippen LogP contribution in [0.5, 0.6) is 0 Å². The van der Waals surface area contributed by atoms with Crippen molar-refractivity contribution in [3.8, 4) is 0 Å². The number of carbonyl (C=O) groups excluding carboxylic acids is 1. The van der Waals surface area contributed by atoms with Crippen molar-refractivity contribution in [3.63, 3.8) is 0 Å². The number of rotatable bonds is 4. The summed E-state index contributed by atoms with van der Waals surface area (Å²) < 4.78 is 26.1. The number of hydrogen-bond donors (Lipinski definition) is 0. The molecule has 0 aliphatic heterocycles. The van der Waals surface area contributed by atoms with Crippen molar-refractivity contribution in [2.75, 3.05) is 5.75 Å². The number of benzene rings is 2. The van der Waals surface area contributed by atoms with E-state index in [2.05, 4.69) is 0 Å². The van der Waals surface area contributed by atoms with E-state index in [1.54, 1.807) is 18.2 Å². The summed E-state index contributed by atoms with van der Waals surface area (Å²) in [6.07, 6.45) is 0. The molecule has 0 atom stereocenters. The molecule has 0 heterocycles. The maximum absolute atomic E-state index is 13.4. The zero-order chi connectivity index (χ0) is 13.8. The Bertz CT molecular complexity index is 616.